The van der Waals surface area contributed by atoms with E-state index in [1.807, 2.05) is 0 Å². The number of aromatic nitrogens is 2. The smallest absolute Gasteiger partial charge is 0.355 e. The molecule has 0 radical (unpaired) electrons. The van der Waals surface area contributed by atoms with Crippen molar-refractivity contribution in [1.29, 1.82) is 0 Å². The maximum absolute atomic E-state index is 14.3. The van der Waals surface area contributed by atoms with Crippen LogP contribution in [0.4, 0.5) is 4.39 Å². The zero-order chi connectivity index (χ0) is 16.3. The Morgan fingerprint density at radius 3 is 2.74 bits per heavy atom. The van der Waals surface area contributed by atoms with E-state index in [2.05, 4.69) is 4.98 Å². The van der Waals surface area contributed by atoms with E-state index in [0.29, 0.717) is 15.9 Å². The first kappa shape index (κ1) is 14.1. The fourth-order valence-corrected chi connectivity index (χ4v) is 2.97. The summed E-state index contributed by atoms with van der Waals surface area (Å²) in [6.07, 6.45) is 1.46. The predicted molar refractivity (Wildman–Crippen MR) is 83.7 cm³/mol. The maximum atomic E-state index is 14.3. The number of halogens is 2. The zero-order valence-corrected chi connectivity index (χ0v) is 12.5. The number of rotatable bonds is 2. The maximum Gasteiger partial charge on any atom is 0.355 e. The van der Waals surface area contributed by atoms with Crippen molar-refractivity contribution in [3.63, 3.8) is 0 Å². The van der Waals surface area contributed by atoms with Crippen molar-refractivity contribution >= 4 is 39.5 Å². The Labute approximate surface area is 133 Å². The molecule has 1 fully saturated rings. The summed E-state index contributed by atoms with van der Waals surface area (Å²) < 4.78 is 15.7. The Kier molecular flexibility index (Phi) is 2.93. The van der Waals surface area contributed by atoms with Gasteiger partial charge in [0, 0.05) is 16.5 Å². The SMILES string of the molecule is O=C(O)c1c(F)c(=O)c2cc3ccc(Cl)cc3nc2n1C1CC1. The van der Waals surface area contributed by atoms with Crippen LogP contribution >= 0.6 is 11.6 Å². The number of pyridine rings is 2. The summed E-state index contributed by atoms with van der Waals surface area (Å²) in [5.41, 5.74) is -0.856. The second kappa shape index (κ2) is 4.76. The van der Waals surface area contributed by atoms with Gasteiger partial charge in [-0.3, -0.25) is 4.79 Å². The van der Waals surface area contributed by atoms with Crippen molar-refractivity contribution in [2.75, 3.05) is 0 Å². The second-order valence-electron chi connectivity index (χ2n) is 5.59. The summed E-state index contributed by atoms with van der Waals surface area (Å²) >= 11 is 5.96. The first-order valence-corrected chi connectivity index (χ1v) is 7.42. The number of carboxylic acids is 1. The molecule has 1 aliphatic rings. The van der Waals surface area contributed by atoms with E-state index in [-0.39, 0.29) is 17.1 Å². The fraction of sp³-hybridized carbons (Fsp3) is 0.188. The molecule has 0 atom stereocenters. The number of hydrogen-bond donors (Lipinski definition) is 1. The Hall–Kier alpha value is -2.47. The van der Waals surface area contributed by atoms with Crippen LogP contribution in [0.15, 0.2) is 29.1 Å². The Morgan fingerprint density at radius 1 is 1.35 bits per heavy atom. The van der Waals surface area contributed by atoms with Crippen LogP contribution in [0.25, 0.3) is 21.9 Å². The van der Waals surface area contributed by atoms with Gasteiger partial charge in [0.1, 0.15) is 5.65 Å². The molecule has 1 aliphatic carbocycles. The van der Waals surface area contributed by atoms with Crippen LogP contribution in [0.1, 0.15) is 29.4 Å². The fourth-order valence-electron chi connectivity index (χ4n) is 2.80. The molecule has 0 saturated heterocycles. The normalized spacial score (nSPS) is 14.5. The molecule has 5 nitrogen and oxygen atoms in total. The number of hydrogen-bond acceptors (Lipinski definition) is 3. The van der Waals surface area contributed by atoms with Gasteiger partial charge < -0.3 is 9.67 Å². The third kappa shape index (κ3) is 2.09. The zero-order valence-electron chi connectivity index (χ0n) is 11.7. The molecule has 23 heavy (non-hydrogen) atoms. The van der Waals surface area contributed by atoms with E-state index < -0.39 is 22.9 Å². The molecule has 1 N–H and O–H groups in total. The largest absolute Gasteiger partial charge is 0.476 e. The topological polar surface area (TPSA) is 72.2 Å². The van der Waals surface area contributed by atoms with Crippen molar-refractivity contribution in [2.45, 2.75) is 18.9 Å². The molecular weight excluding hydrogens is 323 g/mol. The summed E-state index contributed by atoms with van der Waals surface area (Å²) in [4.78, 5) is 28.1. The number of carbonyl (C=O) groups is 1. The highest BCUT2D eigenvalue weighted by Gasteiger charge is 2.33. The Morgan fingerprint density at radius 2 is 2.09 bits per heavy atom. The van der Waals surface area contributed by atoms with Crippen molar-refractivity contribution in [1.82, 2.24) is 9.55 Å². The first-order valence-electron chi connectivity index (χ1n) is 7.04. The molecule has 0 unspecified atom stereocenters. The molecule has 2 heterocycles. The van der Waals surface area contributed by atoms with Crippen LogP contribution in [0.2, 0.25) is 5.02 Å². The monoisotopic (exact) mass is 332 g/mol. The highest BCUT2D eigenvalue weighted by molar-refractivity contribution is 6.31. The lowest BCUT2D eigenvalue weighted by Gasteiger charge is -2.14. The average molecular weight is 333 g/mol. The van der Waals surface area contributed by atoms with Gasteiger partial charge in [-0.15, -0.1) is 0 Å². The molecule has 0 amide bonds. The number of nitrogens with zero attached hydrogens (tertiary/aromatic N) is 2. The van der Waals surface area contributed by atoms with E-state index in [0.717, 1.165) is 12.8 Å². The third-order valence-corrected chi connectivity index (χ3v) is 4.23. The Bertz CT molecular complexity index is 1060. The minimum atomic E-state index is -1.47. The standard InChI is InChI=1S/C16H10ClFN2O3/c17-8-2-1-7-5-10-14(21)12(18)13(16(22)23)20(9-3-4-9)15(10)19-11(7)6-8/h1-2,5-6,9H,3-4H2,(H,22,23). The summed E-state index contributed by atoms with van der Waals surface area (Å²) in [5, 5.41) is 10.5. The molecule has 0 aliphatic heterocycles. The number of carboxylic acid groups (broad SMARTS) is 1. The van der Waals surface area contributed by atoms with Gasteiger partial charge in [-0.2, -0.15) is 0 Å². The van der Waals surface area contributed by atoms with E-state index in [9.17, 15) is 19.1 Å². The van der Waals surface area contributed by atoms with Gasteiger partial charge in [-0.1, -0.05) is 17.7 Å². The van der Waals surface area contributed by atoms with Crippen molar-refractivity contribution in [2.24, 2.45) is 0 Å². The lowest BCUT2D eigenvalue weighted by molar-refractivity contribution is 0.0678. The lowest BCUT2D eigenvalue weighted by Crippen LogP contribution is -2.23. The number of aromatic carboxylic acids is 1. The molecule has 1 saturated carbocycles. The van der Waals surface area contributed by atoms with Crippen molar-refractivity contribution < 1.29 is 14.3 Å². The molecule has 2 aromatic heterocycles. The van der Waals surface area contributed by atoms with Crippen molar-refractivity contribution in [3.8, 4) is 0 Å². The van der Waals surface area contributed by atoms with Crippen LogP contribution < -0.4 is 5.43 Å². The lowest BCUT2D eigenvalue weighted by atomic mass is 10.1. The van der Waals surface area contributed by atoms with Crippen LogP contribution in [0, 0.1) is 5.82 Å². The van der Waals surface area contributed by atoms with Crippen LogP contribution in [0.3, 0.4) is 0 Å². The number of fused-ring (bicyclic) bond motifs is 2. The molecule has 7 heteroatoms. The van der Waals surface area contributed by atoms with Gasteiger partial charge in [0.15, 0.2) is 5.69 Å². The molecular formula is C16H10ClFN2O3. The highest BCUT2D eigenvalue weighted by atomic mass is 35.5. The van der Waals surface area contributed by atoms with Gasteiger partial charge in [0.05, 0.1) is 10.9 Å². The second-order valence-corrected chi connectivity index (χ2v) is 6.03. The molecule has 1 aromatic carbocycles. The van der Waals surface area contributed by atoms with Gasteiger partial charge in [-0.25, -0.2) is 14.2 Å². The molecule has 3 aromatic rings. The van der Waals surface area contributed by atoms with Crippen LogP contribution in [-0.4, -0.2) is 20.6 Å². The summed E-state index contributed by atoms with van der Waals surface area (Å²) in [7, 11) is 0. The van der Waals surface area contributed by atoms with Crippen LogP contribution in [0.5, 0.6) is 0 Å². The summed E-state index contributed by atoms with van der Waals surface area (Å²) in [6, 6.07) is 6.35. The molecule has 4 rings (SSSR count). The van der Waals surface area contributed by atoms with E-state index in [1.165, 1.54) is 10.6 Å². The van der Waals surface area contributed by atoms with E-state index in [4.69, 9.17) is 11.6 Å². The molecule has 116 valence electrons. The van der Waals surface area contributed by atoms with Crippen molar-refractivity contribution in [3.05, 3.63) is 51.0 Å². The van der Waals surface area contributed by atoms with E-state index in [1.54, 1.807) is 18.2 Å². The Balaban J connectivity index is 2.23. The average Bonchev–Trinajstić information content (AvgIpc) is 3.33. The van der Waals surface area contributed by atoms with Gasteiger partial charge in [0.2, 0.25) is 11.2 Å². The summed E-state index contributed by atoms with van der Waals surface area (Å²) in [5.74, 6) is -2.71. The number of benzene rings is 1. The summed E-state index contributed by atoms with van der Waals surface area (Å²) in [6.45, 7) is 0. The highest BCUT2D eigenvalue weighted by Crippen LogP contribution is 2.38. The first-order chi connectivity index (χ1) is 11.0. The predicted octanol–water partition coefficient (Wildman–Crippen LogP) is 3.38. The molecule has 0 spiro atoms. The minimum Gasteiger partial charge on any atom is -0.476 e. The third-order valence-electron chi connectivity index (χ3n) is 4.00. The molecule has 0 bridgehead atoms. The van der Waals surface area contributed by atoms with Gasteiger partial charge in [-0.05, 0) is 31.0 Å². The van der Waals surface area contributed by atoms with Gasteiger partial charge in [0.25, 0.3) is 0 Å². The van der Waals surface area contributed by atoms with Crippen LogP contribution in [-0.2, 0) is 0 Å². The van der Waals surface area contributed by atoms with E-state index >= 15 is 0 Å². The quantitative estimate of drug-likeness (QED) is 0.730. The minimum absolute atomic E-state index is 0.0780. The van der Waals surface area contributed by atoms with Gasteiger partial charge >= 0.3 is 5.97 Å².